The second-order valence-corrected chi connectivity index (χ2v) is 7.83. The Kier molecular flexibility index (Phi) is 4.50. The summed E-state index contributed by atoms with van der Waals surface area (Å²) in [6, 6.07) is 3.43. The number of nitrogens with zero attached hydrogens (tertiary/aromatic N) is 1. The van der Waals surface area contributed by atoms with Gasteiger partial charge in [-0.05, 0) is 32.0 Å². The highest BCUT2D eigenvalue weighted by molar-refractivity contribution is 6.30. The SMILES string of the molecule is CCOC(=O)[C@H]1[C@H]2COc3ccc(Cl)cc3[C@@H]2N2C(=O)[C@@H](CO)NC(=O)[C@@]12C. The number of fused-ring (bicyclic) bond motifs is 5. The van der Waals surface area contributed by atoms with Gasteiger partial charge in [-0.2, -0.15) is 0 Å². The van der Waals surface area contributed by atoms with Crippen molar-refractivity contribution in [1.82, 2.24) is 10.2 Å². The van der Waals surface area contributed by atoms with Crippen molar-refractivity contribution in [2.24, 2.45) is 11.8 Å². The molecule has 28 heavy (non-hydrogen) atoms. The van der Waals surface area contributed by atoms with Crippen molar-refractivity contribution >= 4 is 29.4 Å². The van der Waals surface area contributed by atoms with Gasteiger partial charge in [0.25, 0.3) is 0 Å². The predicted octanol–water partition coefficient (Wildman–Crippen LogP) is 0.661. The van der Waals surface area contributed by atoms with Crippen LogP contribution in [-0.2, 0) is 19.1 Å². The summed E-state index contributed by atoms with van der Waals surface area (Å²) in [5.41, 5.74) is -0.820. The summed E-state index contributed by atoms with van der Waals surface area (Å²) in [5.74, 6) is -2.34. The maximum atomic E-state index is 13.2. The second-order valence-electron chi connectivity index (χ2n) is 7.40. The molecule has 0 radical (unpaired) electrons. The number of esters is 1. The summed E-state index contributed by atoms with van der Waals surface area (Å²) < 4.78 is 11.1. The van der Waals surface area contributed by atoms with E-state index >= 15 is 0 Å². The number of nitrogens with one attached hydrogen (secondary N) is 1. The molecule has 0 unspecified atom stereocenters. The Balaban J connectivity index is 1.91. The molecule has 3 aliphatic rings. The van der Waals surface area contributed by atoms with Crippen LogP contribution in [0.15, 0.2) is 18.2 Å². The molecule has 3 aliphatic heterocycles. The van der Waals surface area contributed by atoms with E-state index in [1.807, 2.05) is 0 Å². The number of hydrogen-bond donors (Lipinski definition) is 2. The van der Waals surface area contributed by atoms with E-state index < -0.39 is 53.8 Å². The highest BCUT2D eigenvalue weighted by atomic mass is 35.5. The van der Waals surface area contributed by atoms with Crippen molar-refractivity contribution in [1.29, 1.82) is 0 Å². The van der Waals surface area contributed by atoms with E-state index in [9.17, 15) is 19.5 Å². The quantitative estimate of drug-likeness (QED) is 0.712. The summed E-state index contributed by atoms with van der Waals surface area (Å²) in [5, 5.41) is 12.6. The van der Waals surface area contributed by atoms with E-state index in [4.69, 9.17) is 21.1 Å². The first-order valence-corrected chi connectivity index (χ1v) is 9.56. The summed E-state index contributed by atoms with van der Waals surface area (Å²) >= 11 is 6.18. The molecule has 3 heterocycles. The molecule has 2 saturated heterocycles. The van der Waals surface area contributed by atoms with Crippen molar-refractivity contribution in [3.05, 3.63) is 28.8 Å². The minimum Gasteiger partial charge on any atom is -0.493 e. The third kappa shape index (κ3) is 2.44. The van der Waals surface area contributed by atoms with E-state index in [1.54, 1.807) is 32.0 Å². The standard InChI is InChI=1S/C19H21ClN2O6/c1-3-27-17(25)14-11-8-28-13-5-4-9(20)6-10(13)15(11)22-16(24)12(7-23)21-18(26)19(14,22)2/h4-6,11-12,14-15,23H,3,7-8H2,1-2H3,(H,21,26)/t11-,12-,14-,15+,19-/m1/s1. The largest absolute Gasteiger partial charge is 0.493 e. The lowest BCUT2D eigenvalue weighted by atomic mass is 9.77. The molecule has 150 valence electrons. The molecule has 1 aromatic carbocycles. The summed E-state index contributed by atoms with van der Waals surface area (Å²) in [4.78, 5) is 40.6. The van der Waals surface area contributed by atoms with Crippen LogP contribution in [0.1, 0.15) is 25.5 Å². The zero-order valence-corrected chi connectivity index (χ0v) is 16.2. The number of piperazine rings is 1. The number of aliphatic hydroxyl groups excluding tert-OH is 1. The fraction of sp³-hybridized carbons (Fsp3) is 0.526. The maximum absolute atomic E-state index is 13.2. The molecule has 0 spiro atoms. The van der Waals surface area contributed by atoms with E-state index in [0.717, 1.165) is 0 Å². The van der Waals surface area contributed by atoms with Crippen molar-refractivity contribution in [3.63, 3.8) is 0 Å². The zero-order valence-electron chi connectivity index (χ0n) is 15.5. The lowest BCUT2D eigenvalue weighted by Crippen LogP contribution is -2.70. The van der Waals surface area contributed by atoms with E-state index in [1.165, 1.54) is 4.90 Å². The summed E-state index contributed by atoms with van der Waals surface area (Å²) in [6.45, 7) is 3.03. The Bertz CT molecular complexity index is 861. The molecule has 0 aliphatic carbocycles. The van der Waals surface area contributed by atoms with Crippen LogP contribution in [0.3, 0.4) is 0 Å². The summed E-state index contributed by atoms with van der Waals surface area (Å²) in [7, 11) is 0. The van der Waals surface area contributed by atoms with E-state index in [-0.39, 0.29) is 13.2 Å². The van der Waals surface area contributed by atoms with Crippen LogP contribution in [0.25, 0.3) is 0 Å². The molecule has 2 fully saturated rings. The van der Waals surface area contributed by atoms with Crippen LogP contribution in [0.4, 0.5) is 0 Å². The number of carbonyl (C=O) groups excluding carboxylic acids is 3. The fourth-order valence-electron chi connectivity index (χ4n) is 4.77. The van der Waals surface area contributed by atoms with E-state index in [0.29, 0.717) is 16.3 Å². The molecule has 0 aromatic heterocycles. The van der Waals surface area contributed by atoms with Gasteiger partial charge < -0.3 is 24.8 Å². The van der Waals surface area contributed by atoms with Gasteiger partial charge in [-0.1, -0.05) is 11.6 Å². The van der Waals surface area contributed by atoms with Crippen LogP contribution >= 0.6 is 11.6 Å². The van der Waals surface area contributed by atoms with Crippen molar-refractivity contribution < 1.29 is 29.0 Å². The van der Waals surface area contributed by atoms with Crippen LogP contribution in [0.2, 0.25) is 5.02 Å². The first-order valence-electron chi connectivity index (χ1n) is 9.18. The van der Waals surface area contributed by atoms with Crippen LogP contribution in [-0.4, -0.2) is 59.2 Å². The Morgan fingerprint density at radius 3 is 2.89 bits per heavy atom. The Labute approximate surface area is 166 Å². The third-order valence-electron chi connectivity index (χ3n) is 5.96. The van der Waals surface area contributed by atoms with Crippen LogP contribution in [0, 0.1) is 11.8 Å². The second kappa shape index (κ2) is 6.63. The number of carbonyl (C=O) groups is 3. The molecule has 0 saturated carbocycles. The fourth-order valence-corrected chi connectivity index (χ4v) is 4.95. The lowest BCUT2D eigenvalue weighted by Gasteiger charge is -2.45. The van der Waals surface area contributed by atoms with Gasteiger partial charge in [0.05, 0.1) is 31.8 Å². The number of ether oxygens (including phenoxy) is 2. The van der Waals surface area contributed by atoms with Crippen molar-refractivity contribution in [2.45, 2.75) is 31.5 Å². The van der Waals surface area contributed by atoms with Gasteiger partial charge in [0.15, 0.2) is 0 Å². The van der Waals surface area contributed by atoms with Gasteiger partial charge in [0, 0.05) is 16.5 Å². The molecule has 2 N–H and O–H groups in total. The first-order chi connectivity index (χ1) is 13.3. The highest BCUT2D eigenvalue weighted by Crippen LogP contribution is 2.56. The Hall–Kier alpha value is -2.32. The topological polar surface area (TPSA) is 105 Å². The number of benzene rings is 1. The van der Waals surface area contributed by atoms with Crippen LogP contribution in [0.5, 0.6) is 5.75 Å². The predicted molar refractivity (Wildman–Crippen MR) is 97.6 cm³/mol. The highest BCUT2D eigenvalue weighted by Gasteiger charge is 2.69. The van der Waals surface area contributed by atoms with Gasteiger partial charge in [0.2, 0.25) is 11.8 Å². The average molecular weight is 409 g/mol. The Morgan fingerprint density at radius 1 is 1.46 bits per heavy atom. The van der Waals surface area contributed by atoms with E-state index in [2.05, 4.69) is 5.32 Å². The minimum atomic E-state index is -1.46. The van der Waals surface area contributed by atoms with Crippen LogP contribution < -0.4 is 10.1 Å². The number of hydrogen-bond acceptors (Lipinski definition) is 6. The minimum absolute atomic E-state index is 0.152. The normalized spacial score (nSPS) is 33.4. The third-order valence-corrected chi connectivity index (χ3v) is 6.20. The van der Waals surface area contributed by atoms with Gasteiger partial charge in [-0.3, -0.25) is 14.4 Å². The van der Waals surface area contributed by atoms with Gasteiger partial charge >= 0.3 is 5.97 Å². The maximum Gasteiger partial charge on any atom is 0.312 e. The smallest absolute Gasteiger partial charge is 0.312 e. The zero-order chi connectivity index (χ0) is 20.2. The summed E-state index contributed by atoms with van der Waals surface area (Å²) in [6.07, 6.45) is 0. The van der Waals surface area contributed by atoms with Gasteiger partial charge in [-0.15, -0.1) is 0 Å². The average Bonchev–Trinajstić information content (AvgIpc) is 2.95. The molecular weight excluding hydrogens is 388 g/mol. The van der Waals surface area contributed by atoms with Gasteiger partial charge in [0.1, 0.15) is 17.3 Å². The van der Waals surface area contributed by atoms with Gasteiger partial charge in [-0.25, -0.2) is 0 Å². The molecule has 5 atom stereocenters. The molecule has 0 bridgehead atoms. The molecule has 9 heteroatoms. The molecule has 1 aromatic rings. The number of aliphatic hydroxyl groups is 1. The number of amides is 2. The number of halogens is 1. The Morgan fingerprint density at radius 2 is 2.21 bits per heavy atom. The molecule has 2 amide bonds. The molecule has 4 rings (SSSR count). The monoisotopic (exact) mass is 408 g/mol. The lowest BCUT2D eigenvalue weighted by molar-refractivity contribution is -0.165. The number of rotatable bonds is 3. The van der Waals surface area contributed by atoms with Crippen molar-refractivity contribution in [3.8, 4) is 5.75 Å². The first kappa shape index (κ1) is 19.0. The van der Waals surface area contributed by atoms with Crippen molar-refractivity contribution in [2.75, 3.05) is 19.8 Å². The molecular formula is C19H21ClN2O6. The molecule has 8 nitrogen and oxygen atoms in total.